The number of quaternary nitrogens is 1. The van der Waals surface area contributed by atoms with Crippen molar-refractivity contribution in [2.75, 3.05) is 47.5 Å². The van der Waals surface area contributed by atoms with Crippen molar-refractivity contribution < 1.29 is 42.1 Å². The van der Waals surface area contributed by atoms with Crippen LogP contribution in [0.5, 0.6) is 0 Å². The highest BCUT2D eigenvalue weighted by atomic mass is 31.2. The summed E-state index contributed by atoms with van der Waals surface area (Å²) in [6.07, 6.45) is 77.0. The van der Waals surface area contributed by atoms with Gasteiger partial charge in [-0.05, 0) is 109 Å². The zero-order chi connectivity index (χ0) is 54.2. The Morgan fingerprint density at radius 1 is 0.432 bits per heavy atom. The average molecular weight is 1050 g/mol. The number of carbonyl (C=O) groups excluding carboxylic acids is 2. The molecule has 0 spiro atoms. The molecule has 2 unspecified atom stereocenters. The zero-order valence-corrected chi connectivity index (χ0v) is 48.7. The Balaban J connectivity index is 4.12. The molecule has 2 atom stereocenters. The van der Waals surface area contributed by atoms with Gasteiger partial charge in [-0.2, -0.15) is 0 Å². The highest BCUT2D eigenvalue weighted by Gasteiger charge is 2.27. The van der Waals surface area contributed by atoms with Gasteiger partial charge in [0.2, 0.25) is 0 Å². The molecular formula is C64H109NO8P+. The Morgan fingerprint density at radius 2 is 0.770 bits per heavy atom. The minimum Gasteiger partial charge on any atom is -0.462 e. The topological polar surface area (TPSA) is 108 Å². The van der Waals surface area contributed by atoms with Crippen LogP contribution in [0.25, 0.3) is 0 Å². The summed E-state index contributed by atoms with van der Waals surface area (Å²) in [7, 11) is 1.45. The first-order valence-corrected chi connectivity index (χ1v) is 30.8. The van der Waals surface area contributed by atoms with Gasteiger partial charge in [0.15, 0.2) is 6.10 Å². The fourth-order valence-electron chi connectivity index (χ4n) is 7.47. The summed E-state index contributed by atoms with van der Waals surface area (Å²) in [5, 5.41) is 0. The predicted molar refractivity (Wildman–Crippen MR) is 316 cm³/mol. The number of phosphoric acid groups is 1. The van der Waals surface area contributed by atoms with Crippen molar-refractivity contribution in [3.05, 3.63) is 122 Å². The highest BCUT2D eigenvalue weighted by molar-refractivity contribution is 7.47. The van der Waals surface area contributed by atoms with Crippen LogP contribution in [-0.2, 0) is 32.7 Å². The summed E-state index contributed by atoms with van der Waals surface area (Å²) < 4.78 is 34.5. The number of esters is 2. The summed E-state index contributed by atoms with van der Waals surface area (Å²) in [6, 6.07) is 0. The van der Waals surface area contributed by atoms with Crippen LogP contribution >= 0.6 is 7.82 Å². The van der Waals surface area contributed by atoms with Crippen molar-refractivity contribution in [1.29, 1.82) is 0 Å². The second-order valence-electron chi connectivity index (χ2n) is 20.3. The molecule has 74 heavy (non-hydrogen) atoms. The van der Waals surface area contributed by atoms with E-state index < -0.39 is 26.5 Å². The molecule has 1 N–H and O–H groups in total. The molecular weight excluding hydrogens is 942 g/mol. The first kappa shape index (κ1) is 70.4. The van der Waals surface area contributed by atoms with Crippen LogP contribution in [0.1, 0.15) is 219 Å². The van der Waals surface area contributed by atoms with Crippen LogP contribution in [0.15, 0.2) is 122 Å². The van der Waals surface area contributed by atoms with E-state index in [2.05, 4.69) is 135 Å². The molecule has 10 heteroatoms. The smallest absolute Gasteiger partial charge is 0.462 e. The van der Waals surface area contributed by atoms with E-state index in [9.17, 15) is 19.0 Å². The van der Waals surface area contributed by atoms with Crippen molar-refractivity contribution in [1.82, 2.24) is 0 Å². The Bertz CT molecular complexity index is 1660. The second-order valence-corrected chi connectivity index (χ2v) is 21.7. The maximum Gasteiger partial charge on any atom is 0.472 e. The van der Waals surface area contributed by atoms with E-state index in [1.54, 1.807) is 0 Å². The van der Waals surface area contributed by atoms with Crippen LogP contribution < -0.4 is 0 Å². The lowest BCUT2D eigenvalue weighted by atomic mass is 10.1. The first-order valence-electron chi connectivity index (χ1n) is 29.3. The van der Waals surface area contributed by atoms with Gasteiger partial charge in [0, 0.05) is 12.8 Å². The molecule has 0 aromatic heterocycles. The molecule has 0 fully saturated rings. The van der Waals surface area contributed by atoms with Gasteiger partial charge in [-0.3, -0.25) is 18.6 Å². The fourth-order valence-corrected chi connectivity index (χ4v) is 8.21. The maximum atomic E-state index is 12.8. The lowest BCUT2D eigenvalue weighted by Crippen LogP contribution is -2.37. The number of likely N-dealkylation sites (N-methyl/N-ethyl adjacent to an activating group) is 1. The average Bonchev–Trinajstić information content (AvgIpc) is 3.36. The van der Waals surface area contributed by atoms with E-state index in [-0.39, 0.29) is 32.0 Å². The van der Waals surface area contributed by atoms with Crippen LogP contribution in [0.3, 0.4) is 0 Å². The Labute approximate surface area is 454 Å². The molecule has 422 valence electrons. The number of hydrogen-bond acceptors (Lipinski definition) is 7. The number of rotatable bonds is 52. The van der Waals surface area contributed by atoms with Gasteiger partial charge in [0.1, 0.15) is 19.8 Å². The Morgan fingerprint density at radius 3 is 1.16 bits per heavy atom. The van der Waals surface area contributed by atoms with Gasteiger partial charge >= 0.3 is 19.8 Å². The minimum atomic E-state index is -4.39. The maximum absolute atomic E-state index is 12.8. The van der Waals surface area contributed by atoms with Gasteiger partial charge in [-0.1, -0.05) is 219 Å². The van der Waals surface area contributed by atoms with Gasteiger partial charge in [0.25, 0.3) is 0 Å². The summed E-state index contributed by atoms with van der Waals surface area (Å²) in [4.78, 5) is 35.6. The summed E-state index contributed by atoms with van der Waals surface area (Å²) in [5.41, 5.74) is 0. The molecule has 0 saturated carbocycles. The quantitative estimate of drug-likeness (QED) is 0.0211. The molecule has 0 amide bonds. The third-order valence-electron chi connectivity index (χ3n) is 12.0. The van der Waals surface area contributed by atoms with Gasteiger partial charge < -0.3 is 18.9 Å². The lowest BCUT2D eigenvalue weighted by Gasteiger charge is -2.24. The van der Waals surface area contributed by atoms with Crippen LogP contribution in [0.2, 0.25) is 0 Å². The summed E-state index contributed by atoms with van der Waals surface area (Å²) in [5.74, 6) is -0.822. The Kier molecular flexibility index (Phi) is 51.6. The van der Waals surface area contributed by atoms with Gasteiger partial charge in [-0.15, -0.1) is 0 Å². The standard InChI is InChI=1S/C64H108NO8P/c1-6-8-10-12-14-16-18-20-21-22-23-24-25-26-27-28-29-30-31-32-33-34-35-36-37-38-39-40-41-42-43-45-47-49-51-53-55-57-64(67)73-62(61-72-74(68,69)71-59-58-65(3,4)5)60-70-63(66)56-54-52-50-48-46-44-19-17-15-13-11-9-7-2/h8,10,14,16-17,19-21,23-24,26-27,29-30,32-33,35-36,38-39,62H,6-7,9,11-13,15,18,22,25,28,31,34,37,40-61H2,1-5H3/p+1/b10-8-,16-14-,19-17-,21-20-,24-23-,27-26-,30-29-,33-32-,36-35-,39-38-. The summed E-state index contributed by atoms with van der Waals surface area (Å²) in [6.45, 7) is 4.27. The van der Waals surface area contributed by atoms with E-state index >= 15 is 0 Å². The molecule has 0 aliphatic heterocycles. The van der Waals surface area contributed by atoms with Crippen molar-refractivity contribution in [2.45, 2.75) is 225 Å². The number of carbonyl (C=O) groups is 2. The number of phosphoric ester groups is 1. The van der Waals surface area contributed by atoms with Crippen molar-refractivity contribution in [3.8, 4) is 0 Å². The minimum absolute atomic E-state index is 0.0238. The molecule has 9 nitrogen and oxygen atoms in total. The third kappa shape index (κ3) is 57.7. The SMILES string of the molecule is CC/C=C\C/C=C\C/C=C\C/C=C\C/C=C\C/C=C\C/C=C\C/C=C\C/C=C\CCCCCCCCCCCC(=O)OC(COC(=O)CCCCCCC/C=C\CCCCCC)COP(=O)(O)OCC[N+](C)(C)C. The molecule has 0 aromatic carbocycles. The normalized spacial score (nSPS) is 14.2. The van der Waals surface area contributed by atoms with Crippen molar-refractivity contribution >= 4 is 19.8 Å². The second kappa shape index (κ2) is 54.2. The van der Waals surface area contributed by atoms with E-state index in [1.165, 1.54) is 64.2 Å². The van der Waals surface area contributed by atoms with Gasteiger partial charge in [-0.25, -0.2) is 4.57 Å². The number of ether oxygens (including phenoxy) is 2. The Hall–Kier alpha value is -3.59. The van der Waals surface area contributed by atoms with E-state index in [1.807, 2.05) is 21.1 Å². The molecule has 0 aromatic rings. The summed E-state index contributed by atoms with van der Waals surface area (Å²) >= 11 is 0. The molecule has 0 rings (SSSR count). The third-order valence-corrected chi connectivity index (χ3v) is 13.0. The molecule has 0 saturated heterocycles. The first-order chi connectivity index (χ1) is 36.0. The van der Waals surface area contributed by atoms with Crippen LogP contribution in [0.4, 0.5) is 0 Å². The molecule has 0 aliphatic rings. The lowest BCUT2D eigenvalue weighted by molar-refractivity contribution is -0.870. The predicted octanol–water partition coefficient (Wildman–Crippen LogP) is 18.4. The monoisotopic (exact) mass is 1050 g/mol. The molecule has 0 heterocycles. The highest BCUT2D eigenvalue weighted by Crippen LogP contribution is 2.43. The molecule has 0 aliphatic carbocycles. The van der Waals surface area contributed by atoms with E-state index in [4.69, 9.17) is 18.5 Å². The number of hydrogen-bond donors (Lipinski definition) is 1. The van der Waals surface area contributed by atoms with Crippen molar-refractivity contribution in [3.63, 3.8) is 0 Å². The van der Waals surface area contributed by atoms with Crippen molar-refractivity contribution in [2.24, 2.45) is 0 Å². The molecule has 0 bridgehead atoms. The van der Waals surface area contributed by atoms with E-state index in [0.29, 0.717) is 17.4 Å². The largest absolute Gasteiger partial charge is 0.472 e. The number of unbranched alkanes of at least 4 members (excludes halogenated alkanes) is 18. The van der Waals surface area contributed by atoms with Crippen LogP contribution in [0, 0.1) is 0 Å². The molecule has 0 radical (unpaired) electrons. The number of allylic oxidation sites excluding steroid dienone is 20. The zero-order valence-electron chi connectivity index (χ0n) is 47.8. The van der Waals surface area contributed by atoms with E-state index in [0.717, 1.165) is 122 Å². The fraction of sp³-hybridized carbons (Fsp3) is 0.656. The number of nitrogens with zero attached hydrogens (tertiary/aromatic N) is 1. The van der Waals surface area contributed by atoms with Gasteiger partial charge in [0.05, 0.1) is 27.7 Å². The van der Waals surface area contributed by atoms with Crippen LogP contribution in [-0.4, -0.2) is 74.9 Å².